The summed E-state index contributed by atoms with van der Waals surface area (Å²) >= 11 is 0. The van der Waals surface area contributed by atoms with E-state index in [1.807, 2.05) is 72.8 Å². The standard InChI is InChI=1S/C50H31N3O2/c1-2-10-41-36(9-1)31-44(43-12-4-3-11-42(41)43)37-18-17-35-30-40(28-23-34(35)29-37)53(38-24-19-32(20-25-38)49-51-45-13-5-7-15-47(45)54-49)39-26-21-33(22-27-39)50-52-46-14-6-8-16-48(46)55-50/h1-31H/i29D. The molecule has 2 heterocycles. The van der Waals surface area contributed by atoms with Gasteiger partial charge in [0.2, 0.25) is 11.8 Å². The molecule has 0 spiro atoms. The van der Waals surface area contributed by atoms with Crippen LogP contribution >= 0.6 is 0 Å². The number of benzene rings is 9. The van der Waals surface area contributed by atoms with E-state index in [4.69, 9.17) is 18.8 Å². The van der Waals surface area contributed by atoms with Crippen molar-refractivity contribution in [1.82, 2.24) is 9.97 Å². The van der Waals surface area contributed by atoms with Crippen molar-refractivity contribution in [3.63, 3.8) is 0 Å². The van der Waals surface area contributed by atoms with Gasteiger partial charge in [0.1, 0.15) is 11.0 Å². The summed E-state index contributed by atoms with van der Waals surface area (Å²) in [6.07, 6.45) is 0. The van der Waals surface area contributed by atoms with E-state index in [-0.39, 0.29) is 0 Å². The summed E-state index contributed by atoms with van der Waals surface area (Å²) in [7, 11) is 0. The molecule has 0 unspecified atom stereocenters. The molecular weight excluding hydrogens is 675 g/mol. The molecule has 9 aromatic carbocycles. The summed E-state index contributed by atoms with van der Waals surface area (Å²) in [6.45, 7) is 0. The molecule has 11 aromatic rings. The van der Waals surface area contributed by atoms with Crippen LogP contribution in [0.15, 0.2) is 197 Å². The van der Waals surface area contributed by atoms with Crippen LogP contribution in [0, 0.1) is 0 Å². The summed E-state index contributed by atoms with van der Waals surface area (Å²) in [5.74, 6) is 1.16. The van der Waals surface area contributed by atoms with Gasteiger partial charge in [-0.15, -0.1) is 0 Å². The third-order valence-corrected chi connectivity index (χ3v) is 10.4. The molecule has 55 heavy (non-hydrogen) atoms. The van der Waals surface area contributed by atoms with Gasteiger partial charge in [0.05, 0.1) is 1.37 Å². The third kappa shape index (κ3) is 5.41. The maximum atomic E-state index is 9.51. The molecule has 0 saturated carbocycles. The molecule has 0 aliphatic carbocycles. The molecule has 258 valence electrons. The molecule has 0 aliphatic rings. The number of rotatable bonds is 6. The summed E-state index contributed by atoms with van der Waals surface area (Å²) in [5, 5.41) is 6.59. The minimum Gasteiger partial charge on any atom is -0.436 e. The average Bonchev–Trinajstić information content (AvgIpc) is 3.90. The van der Waals surface area contributed by atoms with Crippen molar-refractivity contribution in [3.8, 4) is 34.0 Å². The molecule has 0 saturated heterocycles. The Morgan fingerprint density at radius 3 is 1.55 bits per heavy atom. The number of fused-ring (bicyclic) bond motifs is 6. The Morgan fingerprint density at radius 1 is 0.400 bits per heavy atom. The van der Waals surface area contributed by atoms with E-state index in [2.05, 4.69) is 114 Å². The molecule has 0 aliphatic heterocycles. The zero-order chi connectivity index (χ0) is 37.2. The summed E-state index contributed by atoms with van der Waals surface area (Å²) < 4.78 is 21.7. The van der Waals surface area contributed by atoms with Crippen LogP contribution in [0.3, 0.4) is 0 Å². The maximum absolute atomic E-state index is 9.51. The molecule has 0 atom stereocenters. The summed E-state index contributed by atoms with van der Waals surface area (Å²) in [5.41, 5.74) is 9.82. The van der Waals surface area contributed by atoms with Crippen LogP contribution in [0.2, 0.25) is 0 Å². The fraction of sp³-hybridized carbons (Fsp3) is 0. The van der Waals surface area contributed by atoms with Crippen LogP contribution in [0.1, 0.15) is 1.37 Å². The highest BCUT2D eigenvalue weighted by Gasteiger charge is 2.17. The smallest absolute Gasteiger partial charge is 0.227 e. The molecule has 0 N–H and O–H groups in total. The van der Waals surface area contributed by atoms with Crippen molar-refractivity contribution < 1.29 is 10.2 Å². The molecule has 2 aromatic heterocycles. The Bertz CT molecular complexity index is 3090. The van der Waals surface area contributed by atoms with Crippen LogP contribution in [-0.2, 0) is 0 Å². The van der Waals surface area contributed by atoms with Gasteiger partial charge in [0.15, 0.2) is 11.2 Å². The average molecular weight is 707 g/mol. The van der Waals surface area contributed by atoms with E-state index in [0.29, 0.717) is 17.8 Å². The number of nitrogens with zero attached hydrogens (tertiary/aromatic N) is 3. The molecule has 5 nitrogen and oxygen atoms in total. The first-order valence-corrected chi connectivity index (χ1v) is 18.3. The van der Waals surface area contributed by atoms with E-state index < -0.39 is 0 Å². The van der Waals surface area contributed by atoms with E-state index in [1.54, 1.807) is 0 Å². The van der Waals surface area contributed by atoms with Gasteiger partial charge >= 0.3 is 0 Å². The monoisotopic (exact) mass is 706 g/mol. The quantitative estimate of drug-likeness (QED) is 0.161. The first-order valence-electron chi connectivity index (χ1n) is 18.8. The number of hydrogen-bond donors (Lipinski definition) is 0. The first kappa shape index (κ1) is 30.0. The van der Waals surface area contributed by atoms with Crippen molar-refractivity contribution in [2.24, 2.45) is 0 Å². The summed E-state index contributed by atoms with van der Waals surface area (Å²) in [6, 6.07) is 62.4. The second-order valence-electron chi connectivity index (χ2n) is 13.7. The number of para-hydroxylation sites is 4. The SMILES string of the molecule is [2H]c1c(-c2cc3ccccc3c3ccccc23)ccc2cc(N(c3ccc(-c4nc5ccccc5o4)cc3)c3ccc(-c4nc5ccccc5o4)cc3)ccc12. The molecule has 11 rings (SSSR count). The largest absolute Gasteiger partial charge is 0.436 e. The lowest BCUT2D eigenvalue weighted by Crippen LogP contribution is -2.09. The minimum absolute atomic E-state index is 0.506. The number of anilines is 3. The molecule has 5 heteroatoms. The zero-order valence-electron chi connectivity index (χ0n) is 30.5. The molecular formula is C50H31N3O2. The van der Waals surface area contributed by atoms with Gasteiger partial charge < -0.3 is 13.7 Å². The fourth-order valence-corrected chi connectivity index (χ4v) is 7.68. The van der Waals surface area contributed by atoms with E-state index in [0.717, 1.165) is 83.1 Å². The van der Waals surface area contributed by atoms with Crippen molar-refractivity contribution in [2.75, 3.05) is 4.90 Å². The van der Waals surface area contributed by atoms with Crippen LogP contribution < -0.4 is 4.90 Å². The van der Waals surface area contributed by atoms with Crippen LogP contribution in [-0.4, -0.2) is 9.97 Å². The van der Waals surface area contributed by atoms with Crippen molar-refractivity contribution in [2.45, 2.75) is 0 Å². The number of hydrogen-bond acceptors (Lipinski definition) is 5. The Hall–Kier alpha value is -7.50. The normalized spacial score (nSPS) is 11.9. The van der Waals surface area contributed by atoms with Crippen LogP contribution in [0.4, 0.5) is 17.1 Å². The third-order valence-electron chi connectivity index (χ3n) is 10.4. The van der Waals surface area contributed by atoms with Crippen LogP contribution in [0.25, 0.3) is 88.6 Å². The van der Waals surface area contributed by atoms with Crippen molar-refractivity contribution in [3.05, 3.63) is 188 Å². The second-order valence-corrected chi connectivity index (χ2v) is 13.7. The number of aromatic nitrogens is 2. The van der Waals surface area contributed by atoms with Gasteiger partial charge in [-0.3, -0.25) is 0 Å². The predicted molar refractivity (Wildman–Crippen MR) is 225 cm³/mol. The molecule has 0 amide bonds. The number of oxazole rings is 2. The van der Waals surface area contributed by atoms with Crippen molar-refractivity contribution in [1.29, 1.82) is 0 Å². The Labute approximate surface area is 317 Å². The van der Waals surface area contributed by atoms with Crippen molar-refractivity contribution >= 4 is 71.6 Å². The van der Waals surface area contributed by atoms with Gasteiger partial charge in [-0.2, -0.15) is 0 Å². The van der Waals surface area contributed by atoms with Gasteiger partial charge in [0, 0.05) is 28.2 Å². The van der Waals surface area contributed by atoms with Gasteiger partial charge in [-0.05, 0) is 140 Å². The first-order chi connectivity index (χ1) is 27.6. The molecule has 0 bridgehead atoms. The lowest BCUT2D eigenvalue weighted by atomic mass is 9.92. The molecule has 0 radical (unpaired) electrons. The topological polar surface area (TPSA) is 55.3 Å². The fourth-order valence-electron chi connectivity index (χ4n) is 7.68. The van der Waals surface area contributed by atoms with E-state index in [1.165, 1.54) is 10.8 Å². The van der Waals surface area contributed by atoms with Gasteiger partial charge in [0.25, 0.3) is 0 Å². The molecule has 0 fully saturated rings. The predicted octanol–water partition coefficient (Wildman–Crippen LogP) is 13.9. The van der Waals surface area contributed by atoms with Gasteiger partial charge in [-0.1, -0.05) is 91.0 Å². The highest BCUT2D eigenvalue weighted by Crippen LogP contribution is 2.40. The zero-order valence-corrected chi connectivity index (χ0v) is 29.5. The Balaban J connectivity index is 1.01. The summed E-state index contributed by atoms with van der Waals surface area (Å²) in [4.78, 5) is 11.7. The highest BCUT2D eigenvalue weighted by molar-refractivity contribution is 6.14. The highest BCUT2D eigenvalue weighted by atomic mass is 16.4. The Morgan fingerprint density at radius 2 is 0.909 bits per heavy atom. The minimum atomic E-state index is 0.506. The maximum Gasteiger partial charge on any atom is 0.227 e. The Kier molecular flexibility index (Phi) is 6.86. The van der Waals surface area contributed by atoms with E-state index in [9.17, 15) is 1.37 Å². The van der Waals surface area contributed by atoms with Crippen LogP contribution in [0.5, 0.6) is 0 Å². The lowest BCUT2D eigenvalue weighted by molar-refractivity contribution is 0.619. The lowest BCUT2D eigenvalue weighted by Gasteiger charge is -2.26. The van der Waals surface area contributed by atoms with Gasteiger partial charge in [-0.25, -0.2) is 9.97 Å². The second kappa shape index (κ2) is 12.6. The van der Waals surface area contributed by atoms with E-state index >= 15 is 0 Å².